The van der Waals surface area contributed by atoms with E-state index in [1.165, 1.54) is 17.0 Å². The first kappa shape index (κ1) is 16.9. The van der Waals surface area contributed by atoms with Crippen LogP contribution in [0.3, 0.4) is 0 Å². The van der Waals surface area contributed by atoms with E-state index in [4.69, 9.17) is 39.5 Å². The quantitative estimate of drug-likeness (QED) is 0.812. The second kappa shape index (κ2) is 6.89. The lowest BCUT2D eigenvalue weighted by Crippen LogP contribution is -2.43. The summed E-state index contributed by atoms with van der Waals surface area (Å²) in [6.07, 6.45) is 0. The van der Waals surface area contributed by atoms with Gasteiger partial charge in [0.1, 0.15) is 12.3 Å². The van der Waals surface area contributed by atoms with Crippen molar-refractivity contribution in [1.29, 1.82) is 0 Å². The molecule has 0 atom stereocenters. The third kappa shape index (κ3) is 3.43. The number of hydrogen-bond acceptors (Lipinski definition) is 3. The number of amides is 2. The van der Waals surface area contributed by atoms with E-state index in [-0.39, 0.29) is 34.1 Å². The first-order valence-electron chi connectivity index (χ1n) is 6.92. The average Bonchev–Trinajstić information content (AvgIpc) is 2.55. The fourth-order valence-electron chi connectivity index (χ4n) is 2.28. The minimum Gasteiger partial charge on any atom is -0.482 e. The number of hydrogen-bond donors (Lipinski definition) is 1. The van der Waals surface area contributed by atoms with Crippen molar-refractivity contribution in [3.63, 3.8) is 0 Å². The summed E-state index contributed by atoms with van der Waals surface area (Å²) in [5, 5.41) is 3.44. The van der Waals surface area contributed by atoms with Gasteiger partial charge < -0.3 is 10.1 Å². The third-order valence-corrected chi connectivity index (χ3v) is 4.43. The number of fused-ring (bicyclic) bond motifs is 1. The van der Waals surface area contributed by atoms with Gasteiger partial charge in [0, 0.05) is 0 Å². The van der Waals surface area contributed by atoms with Gasteiger partial charge in [0.25, 0.3) is 5.91 Å². The van der Waals surface area contributed by atoms with Crippen molar-refractivity contribution in [3.05, 3.63) is 51.5 Å². The zero-order valence-corrected chi connectivity index (χ0v) is 14.5. The first-order chi connectivity index (χ1) is 11.5. The fraction of sp³-hybridized carbons (Fsp3) is 0.125. The maximum atomic E-state index is 12.3. The molecule has 0 radical (unpaired) electrons. The van der Waals surface area contributed by atoms with Crippen molar-refractivity contribution in [2.75, 3.05) is 23.4 Å². The molecule has 1 heterocycles. The van der Waals surface area contributed by atoms with Gasteiger partial charge in [-0.3, -0.25) is 14.5 Å². The monoisotopic (exact) mass is 384 g/mol. The minimum absolute atomic E-state index is 0.113. The molecule has 2 aromatic carbocycles. The molecule has 124 valence electrons. The summed E-state index contributed by atoms with van der Waals surface area (Å²) in [6, 6.07) is 9.91. The van der Waals surface area contributed by atoms with Crippen LogP contribution in [0.4, 0.5) is 11.4 Å². The van der Waals surface area contributed by atoms with Crippen LogP contribution in [-0.4, -0.2) is 25.0 Å². The molecule has 2 amide bonds. The summed E-state index contributed by atoms with van der Waals surface area (Å²) in [5.74, 6) is -0.165. The van der Waals surface area contributed by atoms with Crippen LogP contribution in [0.2, 0.25) is 15.1 Å². The standard InChI is InChI=1S/C16H11Cl3N2O3/c17-9-5-11(19)12(6-10(9)18)20-15(22)7-21-13-3-1-2-4-14(13)24-8-16(21)23/h1-6H,7-8H2,(H,20,22). The smallest absolute Gasteiger partial charge is 0.265 e. The van der Waals surface area contributed by atoms with Crippen LogP contribution < -0.4 is 15.0 Å². The minimum atomic E-state index is -0.416. The molecule has 3 rings (SSSR count). The van der Waals surface area contributed by atoms with E-state index < -0.39 is 5.91 Å². The lowest BCUT2D eigenvalue weighted by atomic mass is 10.2. The molecule has 0 aromatic heterocycles. The number of benzene rings is 2. The van der Waals surface area contributed by atoms with Crippen molar-refractivity contribution < 1.29 is 14.3 Å². The normalized spacial score (nSPS) is 13.3. The fourth-order valence-corrected chi connectivity index (χ4v) is 2.87. The van der Waals surface area contributed by atoms with E-state index in [9.17, 15) is 9.59 Å². The highest BCUT2D eigenvalue weighted by Gasteiger charge is 2.27. The number of halogens is 3. The van der Waals surface area contributed by atoms with Gasteiger partial charge in [-0.25, -0.2) is 0 Å². The zero-order valence-electron chi connectivity index (χ0n) is 12.2. The van der Waals surface area contributed by atoms with Crippen molar-refractivity contribution >= 4 is 58.0 Å². The van der Waals surface area contributed by atoms with Gasteiger partial charge in [0.05, 0.1) is 26.4 Å². The van der Waals surface area contributed by atoms with Crippen LogP contribution in [0.5, 0.6) is 5.75 Å². The Morgan fingerprint density at radius 3 is 2.62 bits per heavy atom. The van der Waals surface area contributed by atoms with Gasteiger partial charge in [0.15, 0.2) is 6.61 Å². The lowest BCUT2D eigenvalue weighted by molar-refractivity contribution is -0.123. The van der Waals surface area contributed by atoms with Crippen molar-refractivity contribution in [2.24, 2.45) is 0 Å². The third-order valence-electron chi connectivity index (χ3n) is 3.39. The van der Waals surface area contributed by atoms with Crippen molar-refractivity contribution in [1.82, 2.24) is 0 Å². The van der Waals surface area contributed by atoms with Gasteiger partial charge in [-0.2, -0.15) is 0 Å². The van der Waals surface area contributed by atoms with Crippen LogP contribution in [0.15, 0.2) is 36.4 Å². The number of anilines is 2. The van der Waals surface area contributed by atoms with E-state index in [1.807, 2.05) is 0 Å². The second-order valence-corrected chi connectivity index (χ2v) is 6.25. The van der Waals surface area contributed by atoms with Crippen LogP contribution >= 0.6 is 34.8 Å². The Morgan fingerprint density at radius 1 is 1.12 bits per heavy atom. The van der Waals surface area contributed by atoms with Crippen molar-refractivity contribution in [3.8, 4) is 5.75 Å². The summed E-state index contributed by atoms with van der Waals surface area (Å²) in [5.41, 5.74) is 0.870. The van der Waals surface area contributed by atoms with Gasteiger partial charge in [-0.1, -0.05) is 46.9 Å². The molecule has 1 N–H and O–H groups in total. The number of ether oxygens (including phenoxy) is 1. The second-order valence-electron chi connectivity index (χ2n) is 5.03. The highest BCUT2D eigenvalue weighted by molar-refractivity contribution is 6.44. The molecule has 0 aliphatic carbocycles. The van der Waals surface area contributed by atoms with E-state index in [2.05, 4.69) is 5.32 Å². The Labute approximate surface area is 153 Å². The largest absolute Gasteiger partial charge is 0.482 e. The Kier molecular flexibility index (Phi) is 4.85. The molecule has 24 heavy (non-hydrogen) atoms. The predicted octanol–water partition coefficient (Wildman–Crippen LogP) is 4.01. The predicted molar refractivity (Wildman–Crippen MR) is 94.4 cm³/mol. The van der Waals surface area contributed by atoms with Crippen LogP contribution in [0.1, 0.15) is 0 Å². The van der Waals surface area contributed by atoms with E-state index >= 15 is 0 Å². The summed E-state index contributed by atoms with van der Waals surface area (Å²) < 4.78 is 5.34. The Hall–Kier alpha value is -1.95. The molecular weight excluding hydrogens is 375 g/mol. The Balaban J connectivity index is 1.78. The molecular formula is C16H11Cl3N2O3. The van der Waals surface area contributed by atoms with E-state index in [0.29, 0.717) is 17.1 Å². The number of para-hydroxylation sites is 2. The number of nitrogens with zero attached hydrogens (tertiary/aromatic N) is 1. The van der Waals surface area contributed by atoms with Gasteiger partial charge in [-0.15, -0.1) is 0 Å². The summed E-state index contributed by atoms with van der Waals surface area (Å²) in [6.45, 7) is -0.284. The van der Waals surface area contributed by atoms with Crippen LogP contribution in [0.25, 0.3) is 0 Å². The maximum Gasteiger partial charge on any atom is 0.265 e. The molecule has 0 fully saturated rings. The maximum absolute atomic E-state index is 12.3. The first-order valence-corrected chi connectivity index (χ1v) is 8.05. The number of carbonyl (C=O) groups excluding carboxylic acids is 2. The molecule has 0 saturated carbocycles. The van der Waals surface area contributed by atoms with Gasteiger partial charge in [-0.05, 0) is 24.3 Å². The number of nitrogens with one attached hydrogen (secondary N) is 1. The van der Waals surface area contributed by atoms with Crippen LogP contribution in [0, 0.1) is 0 Å². The van der Waals surface area contributed by atoms with Gasteiger partial charge in [0.2, 0.25) is 5.91 Å². The number of carbonyl (C=O) groups is 2. The molecule has 0 saturated heterocycles. The zero-order chi connectivity index (χ0) is 17.3. The molecule has 2 aromatic rings. The molecule has 0 spiro atoms. The van der Waals surface area contributed by atoms with Gasteiger partial charge >= 0.3 is 0 Å². The highest BCUT2D eigenvalue weighted by atomic mass is 35.5. The SMILES string of the molecule is O=C(CN1C(=O)COc2ccccc21)Nc1cc(Cl)c(Cl)cc1Cl. The average molecular weight is 386 g/mol. The molecule has 8 heteroatoms. The molecule has 1 aliphatic heterocycles. The summed E-state index contributed by atoms with van der Waals surface area (Å²) in [7, 11) is 0. The van der Waals surface area contributed by atoms with E-state index in [1.54, 1.807) is 24.3 Å². The van der Waals surface area contributed by atoms with Crippen LogP contribution in [-0.2, 0) is 9.59 Å². The summed E-state index contributed by atoms with van der Waals surface area (Å²) >= 11 is 17.8. The molecule has 0 unspecified atom stereocenters. The van der Waals surface area contributed by atoms with Crippen molar-refractivity contribution in [2.45, 2.75) is 0 Å². The van der Waals surface area contributed by atoms with E-state index in [0.717, 1.165) is 0 Å². The molecule has 1 aliphatic rings. The Morgan fingerprint density at radius 2 is 1.83 bits per heavy atom. The lowest BCUT2D eigenvalue weighted by Gasteiger charge is -2.28. The number of rotatable bonds is 3. The summed E-state index contributed by atoms with van der Waals surface area (Å²) in [4.78, 5) is 25.7. The Bertz CT molecular complexity index is 826. The topological polar surface area (TPSA) is 58.6 Å². The molecule has 5 nitrogen and oxygen atoms in total. The highest BCUT2D eigenvalue weighted by Crippen LogP contribution is 2.33. The molecule has 0 bridgehead atoms.